The van der Waals surface area contributed by atoms with Gasteiger partial charge in [0.25, 0.3) is 0 Å². The number of urea groups is 1. The molecule has 2 amide bonds. The number of carbonyl (C=O) groups excluding carboxylic acids is 2. The van der Waals surface area contributed by atoms with E-state index in [-0.39, 0.29) is 12.1 Å². The Morgan fingerprint density at radius 1 is 1.32 bits per heavy atom. The summed E-state index contributed by atoms with van der Waals surface area (Å²) in [5, 5.41) is 5.52. The fourth-order valence-corrected chi connectivity index (χ4v) is 3.15. The summed E-state index contributed by atoms with van der Waals surface area (Å²) in [6.45, 7) is 7.93. The normalized spacial score (nSPS) is 17.2. The van der Waals surface area contributed by atoms with Crippen LogP contribution in [0.15, 0.2) is 33.9 Å². The van der Waals surface area contributed by atoms with E-state index in [4.69, 9.17) is 9.47 Å². The second-order valence-electron chi connectivity index (χ2n) is 5.85. The van der Waals surface area contributed by atoms with Crippen molar-refractivity contribution in [2.24, 2.45) is 0 Å². The first kappa shape index (κ1) is 19.3. The van der Waals surface area contributed by atoms with Crippen LogP contribution < -0.4 is 15.4 Å². The highest BCUT2D eigenvalue weighted by molar-refractivity contribution is 9.10. The van der Waals surface area contributed by atoms with Gasteiger partial charge >= 0.3 is 12.0 Å². The van der Waals surface area contributed by atoms with Crippen LogP contribution in [0.5, 0.6) is 5.75 Å². The SMILES string of the molecule is CCOc1ccc(C2NC(=O)NC(CC)=C2C(=O)OC(C)C)cc1Br. The molecule has 1 heterocycles. The molecule has 0 radical (unpaired) electrons. The van der Waals surface area contributed by atoms with Gasteiger partial charge in [0, 0.05) is 5.70 Å². The summed E-state index contributed by atoms with van der Waals surface area (Å²) < 4.78 is 11.7. The summed E-state index contributed by atoms with van der Waals surface area (Å²) >= 11 is 3.47. The van der Waals surface area contributed by atoms with Gasteiger partial charge in [-0.2, -0.15) is 0 Å². The van der Waals surface area contributed by atoms with Crippen molar-refractivity contribution in [1.82, 2.24) is 10.6 Å². The Morgan fingerprint density at radius 3 is 2.60 bits per heavy atom. The van der Waals surface area contributed by atoms with Crippen LogP contribution in [0.4, 0.5) is 4.79 Å². The molecule has 0 bridgehead atoms. The topological polar surface area (TPSA) is 76.7 Å². The number of hydrogen-bond donors (Lipinski definition) is 2. The second-order valence-corrected chi connectivity index (χ2v) is 6.71. The number of halogens is 1. The summed E-state index contributed by atoms with van der Waals surface area (Å²) in [4.78, 5) is 24.6. The number of nitrogens with one attached hydrogen (secondary N) is 2. The number of rotatable bonds is 6. The number of ether oxygens (including phenoxy) is 2. The van der Waals surface area contributed by atoms with Crippen LogP contribution in [-0.2, 0) is 9.53 Å². The van der Waals surface area contributed by atoms with E-state index in [2.05, 4.69) is 26.6 Å². The molecule has 1 aliphatic rings. The van der Waals surface area contributed by atoms with E-state index in [1.165, 1.54) is 0 Å². The van der Waals surface area contributed by atoms with Crippen molar-refractivity contribution >= 4 is 27.9 Å². The highest BCUT2D eigenvalue weighted by atomic mass is 79.9. The molecule has 1 aromatic carbocycles. The number of benzene rings is 1. The largest absolute Gasteiger partial charge is 0.493 e. The average Bonchev–Trinajstić information content (AvgIpc) is 2.55. The van der Waals surface area contributed by atoms with E-state index in [1.807, 2.05) is 32.0 Å². The Kier molecular flexibility index (Phi) is 6.47. The number of carbonyl (C=O) groups is 2. The van der Waals surface area contributed by atoms with Crippen molar-refractivity contribution in [3.05, 3.63) is 39.5 Å². The molecule has 136 valence electrons. The zero-order valence-corrected chi connectivity index (χ0v) is 16.4. The minimum atomic E-state index is -0.582. The lowest BCUT2D eigenvalue weighted by Crippen LogP contribution is -2.46. The zero-order chi connectivity index (χ0) is 18.6. The molecule has 0 spiro atoms. The van der Waals surface area contributed by atoms with E-state index < -0.39 is 12.0 Å². The highest BCUT2D eigenvalue weighted by Crippen LogP contribution is 2.34. The van der Waals surface area contributed by atoms with Gasteiger partial charge in [0.05, 0.1) is 28.8 Å². The van der Waals surface area contributed by atoms with Crippen molar-refractivity contribution in [2.45, 2.75) is 46.3 Å². The summed E-state index contributed by atoms with van der Waals surface area (Å²) in [5.41, 5.74) is 1.77. The number of hydrogen-bond acceptors (Lipinski definition) is 4. The van der Waals surface area contributed by atoms with E-state index >= 15 is 0 Å². The van der Waals surface area contributed by atoms with Crippen LogP contribution >= 0.6 is 15.9 Å². The number of allylic oxidation sites excluding steroid dienone is 1. The third kappa shape index (κ3) is 4.54. The molecule has 0 aliphatic carbocycles. The van der Waals surface area contributed by atoms with Crippen LogP contribution in [0.2, 0.25) is 0 Å². The summed E-state index contributed by atoms with van der Waals surface area (Å²) in [5.74, 6) is 0.270. The molecule has 1 unspecified atom stereocenters. The lowest BCUT2D eigenvalue weighted by Gasteiger charge is -2.29. The molecule has 0 fully saturated rings. The third-order valence-electron chi connectivity index (χ3n) is 3.66. The van der Waals surface area contributed by atoms with Gasteiger partial charge in [-0.3, -0.25) is 0 Å². The lowest BCUT2D eigenvalue weighted by molar-refractivity contribution is -0.143. The van der Waals surface area contributed by atoms with Crippen molar-refractivity contribution in [3.8, 4) is 5.75 Å². The highest BCUT2D eigenvalue weighted by Gasteiger charge is 2.33. The van der Waals surface area contributed by atoms with Gasteiger partial charge in [-0.1, -0.05) is 13.0 Å². The molecular weight excluding hydrogens is 388 g/mol. The maximum atomic E-state index is 12.6. The van der Waals surface area contributed by atoms with Crippen LogP contribution in [-0.4, -0.2) is 24.7 Å². The summed E-state index contributed by atoms with van der Waals surface area (Å²) in [6.07, 6.45) is 0.272. The summed E-state index contributed by atoms with van der Waals surface area (Å²) in [7, 11) is 0. The Hall–Kier alpha value is -2.02. The quantitative estimate of drug-likeness (QED) is 0.698. The maximum absolute atomic E-state index is 12.6. The second kappa shape index (κ2) is 8.38. The minimum Gasteiger partial charge on any atom is -0.493 e. The van der Waals surface area contributed by atoms with Crippen molar-refractivity contribution in [1.29, 1.82) is 0 Å². The van der Waals surface area contributed by atoms with Crippen molar-refractivity contribution in [3.63, 3.8) is 0 Å². The Bertz CT molecular complexity index is 700. The fraction of sp³-hybridized carbons (Fsp3) is 0.444. The third-order valence-corrected chi connectivity index (χ3v) is 4.28. The smallest absolute Gasteiger partial charge is 0.338 e. The van der Waals surface area contributed by atoms with E-state index in [1.54, 1.807) is 13.8 Å². The Morgan fingerprint density at radius 2 is 2.04 bits per heavy atom. The maximum Gasteiger partial charge on any atom is 0.338 e. The van der Waals surface area contributed by atoms with Crippen LogP contribution in [0.3, 0.4) is 0 Å². The van der Waals surface area contributed by atoms with Crippen LogP contribution in [0, 0.1) is 0 Å². The first-order valence-corrected chi connectivity index (χ1v) is 9.10. The summed E-state index contributed by atoms with van der Waals surface area (Å²) in [6, 6.07) is 4.57. The van der Waals surface area contributed by atoms with Gasteiger partial charge in [0.1, 0.15) is 5.75 Å². The van der Waals surface area contributed by atoms with Gasteiger partial charge in [0.2, 0.25) is 0 Å². The molecule has 1 atom stereocenters. The monoisotopic (exact) mass is 410 g/mol. The van der Waals surface area contributed by atoms with Gasteiger partial charge in [-0.05, 0) is 60.8 Å². The zero-order valence-electron chi connectivity index (χ0n) is 14.8. The van der Waals surface area contributed by atoms with E-state index in [9.17, 15) is 9.59 Å². The molecule has 25 heavy (non-hydrogen) atoms. The molecule has 0 saturated heterocycles. The van der Waals surface area contributed by atoms with E-state index in [0.717, 1.165) is 10.0 Å². The van der Waals surface area contributed by atoms with Crippen molar-refractivity contribution in [2.75, 3.05) is 6.61 Å². The number of esters is 1. The first-order valence-electron chi connectivity index (χ1n) is 8.31. The van der Waals surface area contributed by atoms with Gasteiger partial charge < -0.3 is 20.1 Å². The van der Waals surface area contributed by atoms with Crippen molar-refractivity contribution < 1.29 is 19.1 Å². The molecule has 2 N–H and O–H groups in total. The Labute approximate surface area is 156 Å². The minimum absolute atomic E-state index is 0.247. The Balaban J connectivity index is 2.46. The number of amides is 2. The van der Waals surface area contributed by atoms with Gasteiger partial charge in [0.15, 0.2) is 0 Å². The standard InChI is InChI=1S/C18H23BrN2O4/c1-5-13-15(17(22)25-10(3)4)16(21-18(23)20-13)11-7-8-14(24-6-2)12(19)9-11/h7-10,16H,5-6H2,1-4H3,(H2,20,21,23). The van der Waals surface area contributed by atoms with Gasteiger partial charge in [-0.25, -0.2) is 9.59 Å². The molecule has 1 aliphatic heterocycles. The molecule has 6 nitrogen and oxygen atoms in total. The molecule has 0 saturated carbocycles. The predicted molar refractivity (Wildman–Crippen MR) is 98.3 cm³/mol. The predicted octanol–water partition coefficient (Wildman–Crippen LogP) is 3.82. The molecule has 1 aromatic rings. The van der Waals surface area contributed by atoms with Gasteiger partial charge in [-0.15, -0.1) is 0 Å². The van der Waals surface area contributed by atoms with Crippen LogP contribution in [0.25, 0.3) is 0 Å². The molecule has 7 heteroatoms. The lowest BCUT2D eigenvalue weighted by atomic mass is 9.94. The molecular formula is C18H23BrN2O4. The van der Waals surface area contributed by atoms with Crippen LogP contribution in [0.1, 0.15) is 45.7 Å². The molecule has 2 rings (SSSR count). The average molecular weight is 411 g/mol. The molecule has 0 aromatic heterocycles. The fourth-order valence-electron chi connectivity index (χ4n) is 2.63. The first-order chi connectivity index (χ1) is 11.9. The van der Waals surface area contributed by atoms with E-state index in [0.29, 0.717) is 30.0 Å².